The molecule has 29 heavy (non-hydrogen) atoms. The van der Waals surface area contributed by atoms with Crippen LogP contribution in [0.2, 0.25) is 0 Å². The van der Waals surface area contributed by atoms with E-state index in [-0.39, 0.29) is 5.78 Å². The smallest absolute Gasteiger partial charge is 0.161 e. The molecule has 0 radical (unpaired) electrons. The summed E-state index contributed by atoms with van der Waals surface area (Å²) in [6, 6.07) is 13.4. The molecule has 0 atom stereocenters. The molecular weight excluding hydrogens is 386 g/mol. The highest BCUT2D eigenvalue weighted by Gasteiger charge is 2.14. The van der Waals surface area contributed by atoms with Gasteiger partial charge in [0.2, 0.25) is 0 Å². The highest BCUT2D eigenvalue weighted by atomic mass is 32.1. The zero-order valence-corrected chi connectivity index (χ0v) is 17.8. The molecule has 0 saturated carbocycles. The lowest BCUT2D eigenvalue weighted by atomic mass is 10.1. The van der Waals surface area contributed by atoms with Crippen LogP contribution in [0.25, 0.3) is 10.6 Å². The number of Topliss-reactive ketones (excluding diaryl/α,β-unsaturated/α-hetero) is 1. The van der Waals surface area contributed by atoms with Gasteiger partial charge in [-0.25, -0.2) is 4.98 Å². The Labute approximate surface area is 175 Å². The number of hydrogen-bond acceptors (Lipinski definition) is 6. The Morgan fingerprint density at radius 3 is 2.48 bits per heavy atom. The predicted molar refractivity (Wildman–Crippen MR) is 115 cm³/mol. The Hall–Kier alpha value is -2.86. The predicted octanol–water partition coefficient (Wildman–Crippen LogP) is 4.97. The number of nitrogens with zero attached hydrogens (tertiary/aromatic N) is 1. The van der Waals surface area contributed by atoms with Crippen LogP contribution in [0.4, 0.5) is 0 Å². The molecule has 1 heterocycles. The second kappa shape index (κ2) is 10.1. The Kier molecular flexibility index (Phi) is 7.25. The second-order valence-corrected chi connectivity index (χ2v) is 7.23. The average Bonchev–Trinajstić information content (AvgIpc) is 3.18. The van der Waals surface area contributed by atoms with Gasteiger partial charge in [-0.1, -0.05) is 18.2 Å². The lowest BCUT2D eigenvalue weighted by Crippen LogP contribution is -2.08. The number of benzene rings is 2. The van der Waals surface area contributed by atoms with E-state index in [4.69, 9.17) is 14.2 Å². The van der Waals surface area contributed by atoms with Crippen LogP contribution in [0.3, 0.4) is 0 Å². The Bertz CT molecular complexity index is 967. The van der Waals surface area contributed by atoms with Gasteiger partial charge >= 0.3 is 0 Å². The summed E-state index contributed by atoms with van der Waals surface area (Å²) in [7, 11) is 1.61. The van der Waals surface area contributed by atoms with E-state index in [1.165, 1.54) is 11.3 Å². The molecule has 0 aliphatic heterocycles. The summed E-state index contributed by atoms with van der Waals surface area (Å²) in [6.45, 7) is 5.02. The molecule has 0 aliphatic rings. The summed E-state index contributed by atoms with van der Waals surface area (Å²) in [4.78, 5) is 17.2. The topological polar surface area (TPSA) is 57.7 Å². The van der Waals surface area contributed by atoms with Crippen molar-refractivity contribution >= 4 is 17.1 Å². The molecule has 1 aromatic heterocycles. The standard InChI is InChI=1S/C23H25NO4S/c1-4-27-21-11-10-17(13-22(21)28-5-2)23-24-18(15-29-23)14-19(25)12-16-8-6-7-9-20(16)26-3/h6-11,13,15H,4-5,12,14H2,1-3H3. The SMILES string of the molecule is CCOc1ccc(-c2nc(CC(=O)Cc3ccccc3OC)cs2)cc1OCC. The summed E-state index contributed by atoms with van der Waals surface area (Å²) in [5.41, 5.74) is 2.62. The van der Waals surface area contributed by atoms with Gasteiger partial charge in [-0.2, -0.15) is 0 Å². The zero-order chi connectivity index (χ0) is 20.6. The molecule has 3 aromatic rings. The molecule has 0 unspecified atom stereocenters. The van der Waals surface area contributed by atoms with Gasteiger partial charge in [0, 0.05) is 29.3 Å². The van der Waals surface area contributed by atoms with Gasteiger partial charge in [0.25, 0.3) is 0 Å². The monoisotopic (exact) mass is 411 g/mol. The third-order valence-electron chi connectivity index (χ3n) is 4.30. The molecule has 152 valence electrons. The van der Waals surface area contributed by atoms with Crippen LogP contribution in [-0.4, -0.2) is 31.1 Å². The number of hydrogen-bond donors (Lipinski definition) is 0. The van der Waals surface area contributed by atoms with Crippen molar-refractivity contribution in [3.63, 3.8) is 0 Å². The minimum atomic E-state index is 0.105. The highest BCUT2D eigenvalue weighted by molar-refractivity contribution is 7.13. The molecule has 0 aliphatic carbocycles. The number of thiazole rings is 1. The number of ketones is 1. The first-order chi connectivity index (χ1) is 14.1. The maximum absolute atomic E-state index is 12.5. The summed E-state index contributed by atoms with van der Waals surface area (Å²) < 4.78 is 16.6. The van der Waals surface area contributed by atoms with Crippen LogP contribution in [0.15, 0.2) is 47.8 Å². The summed E-state index contributed by atoms with van der Waals surface area (Å²) in [6.07, 6.45) is 0.623. The first-order valence-electron chi connectivity index (χ1n) is 9.62. The van der Waals surface area contributed by atoms with Crippen molar-refractivity contribution in [1.82, 2.24) is 4.98 Å². The van der Waals surface area contributed by atoms with Gasteiger partial charge in [0.05, 0.1) is 26.0 Å². The third-order valence-corrected chi connectivity index (χ3v) is 5.24. The van der Waals surface area contributed by atoms with Crippen LogP contribution in [0.1, 0.15) is 25.1 Å². The first kappa shape index (κ1) is 20.9. The molecule has 0 amide bonds. The van der Waals surface area contributed by atoms with Crippen LogP contribution >= 0.6 is 11.3 Å². The molecule has 5 nitrogen and oxygen atoms in total. The summed E-state index contributed by atoms with van der Waals surface area (Å²) in [5, 5.41) is 2.79. The summed E-state index contributed by atoms with van der Waals surface area (Å²) in [5.74, 6) is 2.27. The fourth-order valence-corrected chi connectivity index (χ4v) is 3.85. The number of methoxy groups -OCH3 is 1. The van der Waals surface area contributed by atoms with E-state index in [1.807, 2.05) is 61.7 Å². The van der Waals surface area contributed by atoms with Gasteiger partial charge in [-0.3, -0.25) is 4.79 Å². The van der Waals surface area contributed by atoms with Gasteiger partial charge in [-0.05, 0) is 38.1 Å². The van der Waals surface area contributed by atoms with Crippen molar-refractivity contribution in [2.24, 2.45) is 0 Å². The normalized spacial score (nSPS) is 10.6. The van der Waals surface area contributed by atoms with Crippen molar-refractivity contribution < 1.29 is 19.0 Å². The lowest BCUT2D eigenvalue weighted by Gasteiger charge is -2.11. The van der Waals surface area contributed by atoms with Crippen molar-refractivity contribution in [3.05, 3.63) is 59.1 Å². The highest BCUT2D eigenvalue weighted by Crippen LogP contribution is 2.34. The van der Waals surface area contributed by atoms with Crippen molar-refractivity contribution in [3.8, 4) is 27.8 Å². The van der Waals surface area contributed by atoms with E-state index in [1.54, 1.807) is 7.11 Å². The lowest BCUT2D eigenvalue weighted by molar-refractivity contribution is -0.117. The minimum absolute atomic E-state index is 0.105. The maximum atomic E-state index is 12.5. The number of carbonyl (C=O) groups is 1. The second-order valence-electron chi connectivity index (χ2n) is 6.38. The van der Waals surface area contributed by atoms with Gasteiger partial charge in [-0.15, -0.1) is 11.3 Å². The number of para-hydroxylation sites is 1. The number of rotatable bonds is 10. The minimum Gasteiger partial charge on any atom is -0.496 e. The number of ether oxygens (including phenoxy) is 3. The summed E-state index contributed by atoms with van der Waals surface area (Å²) >= 11 is 1.52. The molecule has 0 spiro atoms. The van der Waals surface area contributed by atoms with E-state index < -0.39 is 0 Å². The quantitative estimate of drug-likeness (QED) is 0.471. The first-order valence-corrected chi connectivity index (χ1v) is 10.5. The van der Waals surface area contributed by atoms with E-state index in [9.17, 15) is 4.79 Å². The molecule has 0 N–H and O–H groups in total. The molecule has 2 aromatic carbocycles. The Morgan fingerprint density at radius 1 is 0.966 bits per heavy atom. The van der Waals surface area contributed by atoms with E-state index in [0.717, 1.165) is 33.3 Å². The molecular formula is C23H25NO4S. The van der Waals surface area contributed by atoms with Gasteiger partial charge in [0.1, 0.15) is 16.5 Å². The average molecular weight is 412 g/mol. The molecule has 0 saturated heterocycles. The maximum Gasteiger partial charge on any atom is 0.161 e. The van der Waals surface area contributed by atoms with Crippen molar-refractivity contribution in [2.45, 2.75) is 26.7 Å². The van der Waals surface area contributed by atoms with Crippen molar-refractivity contribution in [2.75, 3.05) is 20.3 Å². The third kappa shape index (κ3) is 5.35. The van der Waals surface area contributed by atoms with Crippen LogP contribution in [0, 0.1) is 0 Å². The molecule has 6 heteroatoms. The van der Waals surface area contributed by atoms with Crippen molar-refractivity contribution in [1.29, 1.82) is 0 Å². The van der Waals surface area contributed by atoms with E-state index in [2.05, 4.69) is 4.98 Å². The molecule has 0 bridgehead atoms. The van der Waals surface area contributed by atoms with Gasteiger partial charge in [0.15, 0.2) is 11.5 Å². The fraction of sp³-hybridized carbons (Fsp3) is 0.304. The van der Waals surface area contributed by atoms with Crippen LogP contribution in [0.5, 0.6) is 17.2 Å². The van der Waals surface area contributed by atoms with Crippen LogP contribution < -0.4 is 14.2 Å². The molecule has 0 fully saturated rings. The molecule has 3 rings (SSSR count). The van der Waals surface area contributed by atoms with Crippen LogP contribution in [-0.2, 0) is 17.6 Å². The largest absolute Gasteiger partial charge is 0.496 e. The zero-order valence-electron chi connectivity index (χ0n) is 16.9. The fourth-order valence-electron chi connectivity index (χ4n) is 3.03. The Morgan fingerprint density at radius 2 is 1.72 bits per heavy atom. The van der Waals surface area contributed by atoms with E-state index >= 15 is 0 Å². The Balaban J connectivity index is 1.72. The van der Waals surface area contributed by atoms with Gasteiger partial charge < -0.3 is 14.2 Å². The number of carbonyl (C=O) groups excluding carboxylic acids is 1. The van der Waals surface area contributed by atoms with E-state index in [0.29, 0.717) is 31.8 Å². The number of aromatic nitrogens is 1.